The number of hydrogen-bond donors (Lipinski definition) is 0. The predicted octanol–water partition coefficient (Wildman–Crippen LogP) is 2.45. The molecule has 0 aromatic heterocycles. The van der Waals surface area contributed by atoms with Crippen molar-refractivity contribution in [1.82, 2.24) is 9.80 Å². The molecule has 23 heavy (non-hydrogen) atoms. The Morgan fingerprint density at radius 1 is 1.26 bits per heavy atom. The molecule has 1 aromatic rings. The smallest absolute Gasteiger partial charge is 0.223 e. The maximum absolute atomic E-state index is 12.4. The maximum atomic E-state index is 12.4. The zero-order chi connectivity index (χ0) is 16.4. The first-order valence-corrected chi connectivity index (χ1v) is 8.63. The van der Waals surface area contributed by atoms with Gasteiger partial charge in [0.15, 0.2) is 0 Å². The van der Waals surface area contributed by atoms with Crippen molar-refractivity contribution in [3.05, 3.63) is 35.4 Å². The number of ether oxygens (including phenoxy) is 1. The lowest BCUT2D eigenvalue weighted by atomic mass is 9.87. The Labute approximate surface area is 139 Å². The van der Waals surface area contributed by atoms with E-state index in [4.69, 9.17) is 4.74 Å². The van der Waals surface area contributed by atoms with Gasteiger partial charge in [-0.15, -0.1) is 0 Å². The van der Waals surface area contributed by atoms with Gasteiger partial charge in [-0.1, -0.05) is 24.3 Å². The third-order valence-corrected chi connectivity index (χ3v) is 5.15. The summed E-state index contributed by atoms with van der Waals surface area (Å²) in [6, 6.07) is 8.83. The molecular weight excluding hydrogens is 288 g/mol. The van der Waals surface area contributed by atoms with Crippen LogP contribution in [0.4, 0.5) is 0 Å². The highest BCUT2D eigenvalue weighted by Crippen LogP contribution is 2.35. The molecule has 0 radical (unpaired) electrons. The van der Waals surface area contributed by atoms with Gasteiger partial charge < -0.3 is 9.64 Å². The average Bonchev–Trinajstić information content (AvgIpc) is 2.70. The second-order valence-corrected chi connectivity index (χ2v) is 7.48. The number of carbonyl (C=O) groups is 1. The third kappa shape index (κ3) is 3.59. The van der Waals surface area contributed by atoms with E-state index < -0.39 is 0 Å². The number of nitrogens with zero attached hydrogens (tertiary/aromatic N) is 2. The first kappa shape index (κ1) is 16.5. The van der Waals surface area contributed by atoms with Gasteiger partial charge in [0.05, 0.1) is 13.2 Å². The summed E-state index contributed by atoms with van der Waals surface area (Å²) in [5, 5.41) is 0. The minimum atomic E-state index is -0.0411. The Balaban J connectivity index is 1.74. The number of amides is 1. The highest BCUT2D eigenvalue weighted by atomic mass is 16.5. The normalized spacial score (nSPS) is 26.3. The van der Waals surface area contributed by atoms with Crippen LogP contribution in [0.15, 0.2) is 24.3 Å². The van der Waals surface area contributed by atoms with Crippen molar-refractivity contribution in [3.63, 3.8) is 0 Å². The van der Waals surface area contributed by atoms with E-state index in [1.54, 1.807) is 0 Å². The Kier molecular flexibility index (Phi) is 4.74. The number of rotatable bonds is 3. The molecule has 2 fully saturated rings. The van der Waals surface area contributed by atoms with Gasteiger partial charge in [0.1, 0.15) is 0 Å². The van der Waals surface area contributed by atoms with Crippen molar-refractivity contribution in [2.45, 2.75) is 39.8 Å². The minimum absolute atomic E-state index is 0.0411. The van der Waals surface area contributed by atoms with Gasteiger partial charge in [-0.3, -0.25) is 9.69 Å². The first-order chi connectivity index (χ1) is 11.0. The molecule has 4 nitrogen and oxygen atoms in total. The number of aryl methyl sites for hydroxylation is 1. The van der Waals surface area contributed by atoms with Gasteiger partial charge in [-0.2, -0.15) is 0 Å². The Morgan fingerprint density at radius 2 is 2.04 bits per heavy atom. The lowest BCUT2D eigenvalue weighted by Crippen LogP contribution is -2.41. The topological polar surface area (TPSA) is 32.8 Å². The van der Waals surface area contributed by atoms with Crippen LogP contribution in [-0.4, -0.2) is 54.6 Å². The third-order valence-electron chi connectivity index (χ3n) is 5.15. The summed E-state index contributed by atoms with van der Waals surface area (Å²) in [4.78, 5) is 16.9. The fourth-order valence-electron chi connectivity index (χ4n) is 3.85. The lowest BCUT2D eigenvalue weighted by molar-refractivity contribution is -0.129. The summed E-state index contributed by atoms with van der Waals surface area (Å²) in [7, 11) is 0. The number of carbonyl (C=O) groups excluding carboxylic acids is 1. The summed E-state index contributed by atoms with van der Waals surface area (Å²) in [6.45, 7) is 11.5. The molecule has 0 saturated carbocycles. The number of benzene rings is 1. The Bertz CT molecular complexity index is 572. The zero-order valence-electron chi connectivity index (χ0n) is 14.5. The van der Waals surface area contributed by atoms with Crippen molar-refractivity contribution in [1.29, 1.82) is 0 Å². The molecule has 1 aromatic carbocycles. The molecule has 1 amide bonds. The van der Waals surface area contributed by atoms with Gasteiger partial charge in [0.2, 0.25) is 5.91 Å². The van der Waals surface area contributed by atoms with Crippen molar-refractivity contribution in [2.75, 3.05) is 32.8 Å². The van der Waals surface area contributed by atoms with Gasteiger partial charge in [-0.25, -0.2) is 0 Å². The van der Waals surface area contributed by atoms with E-state index in [2.05, 4.69) is 49.9 Å². The van der Waals surface area contributed by atoms with Crippen LogP contribution in [-0.2, 0) is 16.1 Å². The largest absolute Gasteiger partial charge is 0.379 e. The highest BCUT2D eigenvalue weighted by Gasteiger charge is 2.46. The van der Waals surface area contributed by atoms with E-state index in [-0.39, 0.29) is 17.4 Å². The second kappa shape index (κ2) is 6.62. The zero-order valence-corrected chi connectivity index (χ0v) is 14.5. The molecule has 4 heteroatoms. The summed E-state index contributed by atoms with van der Waals surface area (Å²) in [5.41, 5.74) is 2.66. The van der Waals surface area contributed by atoms with Crippen LogP contribution in [0.5, 0.6) is 0 Å². The van der Waals surface area contributed by atoms with Crippen LogP contribution in [0.25, 0.3) is 0 Å². The molecule has 2 heterocycles. The molecule has 2 aliphatic rings. The van der Waals surface area contributed by atoms with Gasteiger partial charge >= 0.3 is 0 Å². The van der Waals surface area contributed by atoms with Crippen molar-refractivity contribution in [3.8, 4) is 0 Å². The number of likely N-dealkylation sites (tertiary alicyclic amines) is 1. The van der Waals surface area contributed by atoms with Crippen molar-refractivity contribution in [2.24, 2.45) is 5.41 Å². The van der Waals surface area contributed by atoms with E-state index in [1.165, 1.54) is 11.1 Å². The van der Waals surface area contributed by atoms with E-state index in [9.17, 15) is 4.79 Å². The van der Waals surface area contributed by atoms with Crippen molar-refractivity contribution >= 4 is 5.91 Å². The Hall–Kier alpha value is -1.39. The monoisotopic (exact) mass is 316 g/mol. The molecule has 3 rings (SSSR count). The average molecular weight is 316 g/mol. The molecule has 0 N–H and O–H groups in total. The predicted molar refractivity (Wildman–Crippen MR) is 91.2 cm³/mol. The highest BCUT2D eigenvalue weighted by molar-refractivity contribution is 5.79. The summed E-state index contributed by atoms with van der Waals surface area (Å²) in [5.74, 6) is 0.279. The quantitative estimate of drug-likeness (QED) is 0.859. The van der Waals surface area contributed by atoms with E-state index in [1.807, 2.05) is 4.90 Å². The first-order valence-electron chi connectivity index (χ1n) is 8.63. The van der Waals surface area contributed by atoms with E-state index in [0.29, 0.717) is 13.0 Å². The van der Waals surface area contributed by atoms with E-state index in [0.717, 1.165) is 32.8 Å². The molecular formula is C19H28N2O2. The summed E-state index contributed by atoms with van der Waals surface area (Å²) >= 11 is 0. The maximum Gasteiger partial charge on any atom is 0.223 e. The number of hydrogen-bond acceptors (Lipinski definition) is 3. The molecule has 126 valence electrons. The SMILES string of the molecule is Cc1ccccc1CN1CCOC[C@]2(CC(=O)N(C(C)C)C2)C1. The molecule has 2 saturated heterocycles. The van der Waals surface area contributed by atoms with Crippen LogP contribution in [0.3, 0.4) is 0 Å². The molecule has 0 unspecified atom stereocenters. The van der Waals surface area contributed by atoms with E-state index >= 15 is 0 Å². The summed E-state index contributed by atoms with van der Waals surface area (Å²) < 4.78 is 5.89. The second-order valence-electron chi connectivity index (χ2n) is 7.48. The van der Waals surface area contributed by atoms with Crippen LogP contribution in [0.2, 0.25) is 0 Å². The fourth-order valence-corrected chi connectivity index (χ4v) is 3.85. The molecule has 1 atom stereocenters. The van der Waals surface area contributed by atoms with Crippen LogP contribution >= 0.6 is 0 Å². The molecule has 2 aliphatic heterocycles. The van der Waals surface area contributed by atoms with Gasteiger partial charge in [0.25, 0.3) is 0 Å². The van der Waals surface area contributed by atoms with Crippen molar-refractivity contribution < 1.29 is 9.53 Å². The van der Waals surface area contributed by atoms with Gasteiger partial charge in [-0.05, 0) is 31.9 Å². The Morgan fingerprint density at radius 3 is 2.74 bits per heavy atom. The summed E-state index contributed by atoms with van der Waals surface area (Å²) in [6.07, 6.45) is 0.620. The lowest BCUT2D eigenvalue weighted by Gasteiger charge is -2.32. The molecule has 0 aliphatic carbocycles. The fraction of sp³-hybridized carbons (Fsp3) is 0.632. The molecule has 0 bridgehead atoms. The van der Waals surface area contributed by atoms with Crippen LogP contribution in [0.1, 0.15) is 31.4 Å². The van der Waals surface area contributed by atoms with Crippen LogP contribution in [0, 0.1) is 12.3 Å². The standard InChI is InChI=1S/C19H28N2O2/c1-15(2)21-13-19(10-18(21)22)12-20(8-9-23-14-19)11-17-7-5-4-6-16(17)3/h4-7,15H,8-14H2,1-3H3/t19-/m1/s1. The molecule has 1 spiro atoms. The minimum Gasteiger partial charge on any atom is -0.379 e. The van der Waals surface area contributed by atoms with Crippen LogP contribution < -0.4 is 0 Å². The van der Waals surface area contributed by atoms with Gasteiger partial charge in [0, 0.05) is 44.1 Å².